The van der Waals surface area contributed by atoms with E-state index < -0.39 is 6.04 Å². The number of esters is 1. The summed E-state index contributed by atoms with van der Waals surface area (Å²) < 4.78 is 4.47. The molecule has 0 fully saturated rings. The predicted octanol–water partition coefficient (Wildman–Crippen LogP) is -0.255. The zero-order chi connectivity index (χ0) is 11.1. The minimum atomic E-state index is -0.488. The summed E-state index contributed by atoms with van der Waals surface area (Å²) in [6.45, 7) is 2.16. The summed E-state index contributed by atoms with van der Waals surface area (Å²) in [5, 5.41) is 0. The molecule has 0 unspecified atom stereocenters. The molecule has 0 saturated carbocycles. The molecule has 5 heteroatoms. The number of carbonyl (C=O) groups excluding carboxylic acids is 2. The lowest BCUT2D eigenvalue weighted by atomic mass is 10.2. The number of ether oxygens (including phenoxy) is 1. The predicted molar refractivity (Wildman–Crippen MR) is 52.5 cm³/mol. The van der Waals surface area contributed by atoms with Gasteiger partial charge in [0.25, 0.3) is 0 Å². The Bertz CT molecular complexity index is 204. The van der Waals surface area contributed by atoms with Gasteiger partial charge in [-0.2, -0.15) is 0 Å². The maximum absolute atomic E-state index is 11.3. The minimum Gasteiger partial charge on any atom is -0.469 e. The summed E-state index contributed by atoms with van der Waals surface area (Å²) in [6, 6.07) is -0.488. The molecule has 5 nitrogen and oxygen atoms in total. The van der Waals surface area contributed by atoms with Gasteiger partial charge in [-0.25, -0.2) is 0 Å². The summed E-state index contributed by atoms with van der Waals surface area (Å²) in [7, 11) is 3.02. The second kappa shape index (κ2) is 6.37. The molecule has 0 saturated heterocycles. The summed E-state index contributed by atoms with van der Waals surface area (Å²) in [4.78, 5) is 23.5. The first-order chi connectivity index (χ1) is 6.49. The monoisotopic (exact) mass is 202 g/mol. The van der Waals surface area contributed by atoms with E-state index in [-0.39, 0.29) is 11.9 Å². The van der Waals surface area contributed by atoms with Crippen LogP contribution in [0.2, 0.25) is 0 Å². The molecular weight excluding hydrogens is 184 g/mol. The molecule has 0 aromatic heterocycles. The second-order valence-electron chi connectivity index (χ2n) is 3.23. The van der Waals surface area contributed by atoms with Gasteiger partial charge >= 0.3 is 5.97 Å². The Morgan fingerprint density at radius 1 is 1.50 bits per heavy atom. The smallest absolute Gasteiger partial charge is 0.305 e. The van der Waals surface area contributed by atoms with Crippen LogP contribution < -0.4 is 5.73 Å². The molecule has 0 rings (SSSR count). The molecule has 1 amide bonds. The van der Waals surface area contributed by atoms with Crippen molar-refractivity contribution < 1.29 is 14.3 Å². The van der Waals surface area contributed by atoms with Crippen molar-refractivity contribution in [3.63, 3.8) is 0 Å². The first-order valence-corrected chi connectivity index (χ1v) is 4.56. The van der Waals surface area contributed by atoms with Crippen LogP contribution in [-0.2, 0) is 14.3 Å². The zero-order valence-corrected chi connectivity index (χ0v) is 8.95. The Labute approximate surface area is 84.2 Å². The number of hydrogen-bond acceptors (Lipinski definition) is 4. The third kappa shape index (κ3) is 4.81. The molecule has 0 aromatic carbocycles. The molecular formula is C9H18N2O3. The maximum Gasteiger partial charge on any atom is 0.305 e. The molecule has 0 aliphatic carbocycles. The van der Waals surface area contributed by atoms with Gasteiger partial charge in [-0.15, -0.1) is 0 Å². The summed E-state index contributed by atoms with van der Waals surface area (Å²) >= 11 is 0. The number of hydrogen-bond donors (Lipinski definition) is 1. The Morgan fingerprint density at radius 3 is 2.50 bits per heavy atom. The molecule has 0 bridgehead atoms. The van der Waals surface area contributed by atoms with Crippen molar-refractivity contribution in [2.24, 2.45) is 5.73 Å². The lowest BCUT2D eigenvalue weighted by molar-refractivity contribution is -0.141. The third-order valence-electron chi connectivity index (χ3n) is 1.87. The number of nitrogens with zero attached hydrogens (tertiary/aromatic N) is 1. The number of nitrogens with two attached hydrogens (primary N) is 1. The number of amides is 1. The van der Waals surface area contributed by atoms with Gasteiger partial charge in [-0.1, -0.05) is 0 Å². The fourth-order valence-electron chi connectivity index (χ4n) is 1.02. The maximum atomic E-state index is 11.3. The second-order valence-corrected chi connectivity index (χ2v) is 3.23. The van der Waals surface area contributed by atoms with Gasteiger partial charge < -0.3 is 15.4 Å². The molecule has 14 heavy (non-hydrogen) atoms. The number of likely N-dealkylation sites (N-methyl/N-ethyl adjacent to an activating group) is 1. The van der Waals surface area contributed by atoms with E-state index in [0.717, 1.165) is 0 Å². The largest absolute Gasteiger partial charge is 0.469 e. The highest BCUT2D eigenvalue weighted by molar-refractivity contribution is 5.80. The van der Waals surface area contributed by atoms with Crippen LogP contribution in [0.15, 0.2) is 0 Å². The average molecular weight is 202 g/mol. The first-order valence-electron chi connectivity index (χ1n) is 4.56. The highest BCUT2D eigenvalue weighted by Crippen LogP contribution is 1.96. The normalized spacial score (nSPS) is 12.0. The number of carbonyl (C=O) groups is 2. The quantitative estimate of drug-likeness (QED) is 0.624. The van der Waals surface area contributed by atoms with E-state index in [2.05, 4.69) is 4.74 Å². The van der Waals surface area contributed by atoms with Crippen molar-refractivity contribution in [2.75, 3.05) is 20.7 Å². The lowest BCUT2D eigenvalue weighted by Crippen LogP contribution is -2.40. The molecule has 2 N–H and O–H groups in total. The highest BCUT2D eigenvalue weighted by Gasteiger charge is 2.13. The topological polar surface area (TPSA) is 72.6 Å². The first kappa shape index (κ1) is 12.9. The van der Waals surface area contributed by atoms with Gasteiger partial charge in [-0.3, -0.25) is 9.59 Å². The average Bonchev–Trinajstić information content (AvgIpc) is 2.15. The van der Waals surface area contributed by atoms with Gasteiger partial charge in [-0.05, 0) is 13.3 Å². The molecule has 82 valence electrons. The summed E-state index contributed by atoms with van der Waals surface area (Å²) in [6.07, 6.45) is 0.925. The van der Waals surface area contributed by atoms with Crippen molar-refractivity contribution in [1.29, 1.82) is 0 Å². The van der Waals surface area contributed by atoms with Crippen LogP contribution in [-0.4, -0.2) is 43.5 Å². The molecule has 0 aromatic rings. The van der Waals surface area contributed by atoms with Crippen LogP contribution >= 0.6 is 0 Å². The van der Waals surface area contributed by atoms with Crippen LogP contribution in [0.5, 0.6) is 0 Å². The molecule has 0 radical (unpaired) electrons. The van der Waals surface area contributed by atoms with E-state index >= 15 is 0 Å². The summed E-state index contributed by atoms with van der Waals surface area (Å²) in [5.74, 6) is -0.374. The fraction of sp³-hybridized carbons (Fsp3) is 0.778. The minimum absolute atomic E-state index is 0.116. The van der Waals surface area contributed by atoms with Gasteiger partial charge in [0.05, 0.1) is 13.2 Å². The van der Waals surface area contributed by atoms with E-state index in [1.807, 2.05) is 0 Å². The Morgan fingerprint density at radius 2 is 2.07 bits per heavy atom. The van der Waals surface area contributed by atoms with Gasteiger partial charge in [0.15, 0.2) is 0 Å². The molecule has 0 aliphatic heterocycles. The summed E-state index contributed by atoms with van der Waals surface area (Å²) in [5.41, 5.74) is 5.41. The highest BCUT2D eigenvalue weighted by atomic mass is 16.5. The Kier molecular flexibility index (Phi) is 5.87. The lowest BCUT2D eigenvalue weighted by Gasteiger charge is -2.18. The van der Waals surface area contributed by atoms with E-state index in [1.54, 1.807) is 14.0 Å². The van der Waals surface area contributed by atoms with Crippen LogP contribution in [0.4, 0.5) is 0 Å². The molecule has 0 spiro atoms. The zero-order valence-electron chi connectivity index (χ0n) is 8.95. The van der Waals surface area contributed by atoms with Crippen LogP contribution in [0, 0.1) is 0 Å². The standard InChI is InChI=1S/C9H18N2O3/c1-7(10)9(13)11(2)6-4-5-8(12)14-3/h7H,4-6,10H2,1-3H3/t7-/m0/s1. The third-order valence-corrected chi connectivity index (χ3v) is 1.87. The van der Waals surface area contributed by atoms with Crippen LogP contribution in [0.3, 0.4) is 0 Å². The number of methoxy groups -OCH3 is 1. The van der Waals surface area contributed by atoms with Crippen molar-refractivity contribution in [3.05, 3.63) is 0 Å². The Balaban J connectivity index is 3.69. The van der Waals surface area contributed by atoms with E-state index in [9.17, 15) is 9.59 Å². The van der Waals surface area contributed by atoms with Crippen molar-refractivity contribution in [1.82, 2.24) is 4.90 Å². The molecule has 0 heterocycles. The fourth-order valence-corrected chi connectivity index (χ4v) is 1.02. The number of rotatable bonds is 5. The van der Waals surface area contributed by atoms with Gasteiger partial charge in [0.1, 0.15) is 0 Å². The van der Waals surface area contributed by atoms with Crippen molar-refractivity contribution in [2.45, 2.75) is 25.8 Å². The van der Waals surface area contributed by atoms with Gasteiger partial charge in [0.2, 0.25) is 5.91 Å². The molecule has 0 aliphatic rings. The van der Waals surface area contributed by atoms with Crippen LogP contribution in [0.1, 0.15) is 19.8 Å². The van der Waals surface area contributed by atoms with E-state index in [4.69, 9.17) is 5.73 Å². The Hall–Kier alpha value is -1.10. The SMILES string of the molecule is COC(=O)CCCN(C)C(=O)[C@H](C)N. The van der Waals surface area contributed by atoms with E-state index in [1.165, 1.54) is 12.0 Å². The van der Waals surface area contributed by atoms with Crippen molar-refractivity contribution in [3.8, 4) is 0 Å². The molecule has 1 atom stereocenters. The van der Waals surface area contributed by atoms with Gasteiger partial charge in [0, 0.05) is 20.0 Å². The van der Waals surface area contributed by atoms with E-state index in [0.29, 0.717) is 19.4 Å². The van der Waals surface area contributed by atoms with Crippen LogP contribution in [0.25, 0.3) is 0 Å². The van der Waals surface area contributed by atoms with Crippen molar-refractivity contribution >= 4 is 11.9 Å².